The molecule has 2 aromatic rings. The van der Waals surface area contributed by atoms with Crippen molar-refractivity contribution < 1.29 is 14.6 Å². The Morgan fingerprint density at radius 1 is 1.22 bits per heavy atom. The molecule has 2 heterocycles. The van der Waals surface area contributed by atoms with E-state index in [9.17, 15) is 5.11 Å². The number of aliphatic hydroxyl groups is 1. The minimum atomic E-state index is -0.714. The van der Waals surface area contributed by atoms with Crippen molar-refractivity contribution in [3.8, 4) is 11.5 Å². The maximum atomic E-state index is 10.2. The molecule has 0 saturated heterocycles. The van der Waals surface area contributed by atoms with Crippen molar-refractivity contribution in [1.82, 2.24) is 4.98 Å². The molecule has 1 aliphatic heterocycles. The second-order valence-electron chi connectivity index (χ2n) is 4.07. The van der Waals surface area contributed by atoms with Gasteiger partial charge in [-0.05, 0) is 17.7 Å². The van der Waals surface area contributed by atoms with Crippen molar-refractivity contribution in [2.45, 2.75) is 12.5 Å². The summed E-state index contributed by atoms with van der Waals surface area (Å²) in [6, 6.07) is 5.51. The SMILES string of the molecule is OC(c1ccc2c(c1)OCCCO2)c1cscn1. The Labute approximate surface area is 109 Å². The van der Waals surface area contributed by atoms with Gasteiger partial charge in [-0.3, -0.25) is 0 Å². The zero-order valence-corrected chi connectivity index (χ0v) is 10.5. The monoisotopic (exact) mass is 263 g/mol. The molecule has 5 heteroatoms. The number of hydrogen-bond acceptors (Lipinski definition) is 5. The highest BCUT2D eigenvalue weighted by molar-refractivity contribution is 7.07. The Morgan fingerprint density at radius 2 is 2.06 bits per heavy atom. The summed E-state index contributed by atoms with van der Waals surface area (Å²) in [5.41, 5.74) is 3.14. The summed E-state index contributed by atoms with van der Waals surface area (Å²) in [7, 11) is 0. The van der Waals surface area contributed by atoms with E-state index >= 15 is 0 Å². The molecule has 18 heavy (non-hydrogen) atoms. The van der Waals surface area contributed by atoms with E-state index in [1.165, 1.54) is 11.3 Å². The summed E-state index contributed by atoms with van der Waals surface area (Å²) in [6.45, 7) is 1.31. The lowest BCUT2D eigenvalue weighted by Crippen LogP contribution is -2.01. The molecule has 1 unspecified atom stereocenters. The number of thiazole rings is 1. The fraction of sp³-hybridized carbons (Fsp3) is 0.308. The summed E-state index contributed by atoms with van der Waals surface area (Å²) in [5, 5.41) is 12.0. The number of aliphatic hydroxyl groups excluding tert-OH is 1. The second-order valence-corrected chi connectivity index (χ2v) is 4.79. The number of hydrogen-bond donors (Lipinski definition) is 1. The zero-order valence-electron chi connectivity index (χ0n) is 9.70. The Kier molecular flexibility index (Phi) is 3.17. The van der Waals surface area contributed by atoms with Gasteiger partial charge in [-0.2, -0.15) is 0 Å². The van der Waals surface area contributed by atoms with Gasteiger partial charge in [0.15, 0.2) is 11.5 Å². The third kappa shape index (κ3) is 2.19. The highest BCUT2D eigenvalue weighted by atomic mass is 32.1. The normalized spacial score (nSPS) is 16.1. The van der Waals surface area contributed by atoms with Crippen LogP contribution in [0.25, 0.3) is 0 Å². The molecule has 1 atom stereocenters. The van der Waals surface area contributed by atoms with Gasteiger partial charge < -0.3 is 14.6 Å². The van der Waals surface area contributed by atoms with Gasteiger partial charge in [0.2, 0.25) is 0 Å². The Balaban J connectivity index is 1.92. The predicted octanol–water partition coefficient (Wildman–Crippen LogP) is 2.39. The van der Waals surface area contributed by atoms with Crippen LogP contribution in [0, 0.1) is 0 Å². The van der Waals surface area contributed by atoms with Crippen LogP contribution in [-0.4, -0.2) is 23.3 Å². The van der Waals surface area contributed by atoms with Gasteiger partial charge in [0.25, 0.3) is 0 Å². The quantitative estimate of drug-likeness (QED) is 0.904. The molecule has 1 N–H and O–H groups in total. The highest BCUT2D eigenvalue weighted by Gasteiger charge is 2.16. The molecule has 4 nitrogen and oxygen atoms in total. The third-order valence-electron chi connectivity index (χ3n) is 2.82. The second kappa shape index (κ2) is 4.96. The number of benzene rings is 1. The summed E-state index contributed by atoms with van der Waals surface area (Å²) >= 11 is 1.47. The molecular weight excluding hydrogens is 250 g/mol. The van der Waals surface area contributed by atoms with Crippen LogP contribution in [0.5, 0.6) is 11.5 Å². The molecule has 0 radical (unpaired) electrons. The number of fused-ring (bicyclic) bond motifs is 1. The van der Waals surface area contributed by atoms with E-state index in [4.69, 9.17) is 9.47 Å². The van der Waals surface area contributed by atoms with Crippen LogP contribution in [0.4, 0.5) is 0 Å². The third-order valence-corrected chi connectivity index (χ3v) is 3.42. The summed E-state index contributed by atoms with van der Waals surface area (Å²) in [6.07, 6.45) is 0.159. The van der Waals surface area contributed by atoms with Crippen molar-refractivity contribution in [1.29, 1.82) is 0 Å². The van der Waals surface area contributed by atoms with Gasteiger partial charge >= 0.3 is 0 Å². The van der Waals surface area contributed by atoms with E-state index in [2.05, 4.69) is 4.98 Å². The van der Waals surface area contributed by atoms with E-state index < -0.39 is 6.10 Å². The highest BCUT2D eigenvalue weighted by Crippen LogP contribution is 2.33. The lowest BCUT2D eigenvalue weighted by Gasteiger charge is -2.12. The minimum absolute atomic E-state index is 0.642. The first kappa shape index (κ1) is 11.5. The van der Waals surface area contributed by atoms with E-state index in [0.717, 1.165) is 17.7 Å². The number of nitrogens with zero attached hydrogens (tertiary/aromatic N) is 1. The summed E-state index contributed by atoms with van der Waals surface area (Å²) < 4.78 is 11.2. The standard InChI is InChI=1S/C13H13NO3S/c15-13(10-7-18-8-14-10)9-2-3-11-12(6-9)17-5-1-4-16-11/h2-3,6-8,13,15H,1,4-5H2. The van der Waals surface area contributed by atoms with Crippen molar-refractivity contribution >= 4 is 11.3 Å². The average molecular weight is 263 g/mol. The molecule has 1 aromatic heterocycles. The zero-order chi connectivity index (χ0) is 12.4. The van der Waals surface area contributed by atoms with Gasteiger partial charge in [0.1, 0.15) is 6.10 Å². The van der Waals surface area contributed by atoms with Crippen LogP contribution in [0.15, 0.2) is 29.1 Å². The summed E-state index contributed by atoms with van der Waals surface area (Å²) in [5.74, 6) is 1.43. The topological polar surface area (TPSA) is 51.6 Å². The lowest BCUT2D eigenvalue weighted by molar-refractivity contribution is 0.215. The molecule has 1 aromatic carbocycles. The fourth-order valence-electron chi connectivity index (χ4n) is 1.88. The molecule has 0 saturated carbocycles. The summed E-state index contributed by atoms with van der Waals surface area (Å²) in [4.78, 5) is 4.12. The van der Waals surface area contributed by atoms with Crippen molar-refractivity contribution in [3.05, 3.63) is 40.3 Å². The molecular formula is C13H13NO3S. The molecule has 3 rings (SSSR count). The van der Waals surface area contributed by atoms with Gasteiger partial charge in [-0.25, -0.2) is 4.98 Å². The first-order chi connectivity index (χ1) is 8.84. The minimum Gasteiger partial charge on any atom is -0.490 e. The smallest absolute Gasteiger partial charge is 0.161 e. The van der Waals surface area contributed by atoms with Gasteiger partial charge in [-0.1, -0.05) is 6.07 Å². The Bertz CT molecular complexity index is 527. The molecule has 0 spiro atoms. The van der Waals surface area contributed by atoms with Crippen LogP contribution in [0.2, 0.25) is 0 Å². The van der Waals surface area contributed by atoms with Crippen molar-refractivity contribution in [2.75, 3.05) is 13.2 Å². The molecule has 0 amide bonds. The maximum Gasteiger partial charge on any atom is 0.161 e. The van der Waals surface area contributed by atoms with E-state index in [1.807, 2.05) is 23.6 Å². The fourth-order valence-corrected chi connectivity index (χ4v) is 2.45. The molecule has 1 aliphatic rings. The number of ether oxygens (including phenoxy) is 2. The van der Waals surface area contributed by atoms with Crippen LogP contribution in [-0.2, 0) is 0 Å². The van der Waals surface area contributed by atoms with E-state index in [-0.39, 0.29) is 0 Å². The largest absolute Gasteiger partial charge is 0.490 e. The van der Waals surface area contributed by atoms with E-state index in [1.54, 1.807) is 5.51 Å². The Morgan fingerprint density at radius 3 is 2.83 bits per heavy atom. The number of rotatable bonds is 2. The maximum absolute atomic E-state index is 10.2. The first-order valence-corrected chi connectivity index (χ1v) is 6.74. The Hall–Kier alpha value is -1.59. The van der Waals surface area contributed by atoms with E-state index in [0.29, 0.717) is 24.7 Å². The lowest BCUT2D eigenvalue weighted by atomic mass is 10.1. The van der Waals surface area contributed by atoms with Crippen LogP contribution in [0.3, 0.4) is 0 Å². The molecule has 0 fully saturated rings. The number of aromatic nitrogens is 1. The molecule has 94 valence electrons. The van der Waals surface area contributed by atoms with Gasteiger partial charge in [-0.15, -0.1) is 11.3 Å². The first-order valence-electron chi connectivity index (χ1n) is 5.80. The van der Waals surface area contributed by atoms with Gasteiger partial charge in [0.05, 0.1) is 24.4 Å². The van der Waals surface area contributed by atoms with Crippen LogP contribution >= 0.6 is 11.3 Å². The predicted molar refractivity (Wildman–Crippen MR) is 68.2 cm³/mol. The van der Waals surface area contributed by atoms with Crippen molar-refractivity contribution in [2.24, 2.45) is 0 Å². The van der Waals surface area contributed by atoms with Crippen molar-refractivity contribution in [3.63, 3.8) is 0 Å². The van der Waals surface area contributed by atoms with Crippen LogP contribution < -0.4 is 9.47 Å². The average Bonchev–Trinajstić information content (AvgIpc) is 2.83. The molecule has 0 bridgehead atoms. The van der Waals surface area contributed by atoms with Crippen LogP contribution in [0.1, 0.15) is 23.8 Å². The van der Waals surface area contributed by atoms with Gasteiger partial charge in [0, 0.05) is 11.8 Å². The molecule has 0 aliphatic carbocycles.